The Morgan fingerprint density at radius 3 is 3.00 bits per heavy atom. The second-order valence-electron chi connectivity index (χ2n) is 4.27. The van der Waals surface area contributed by atoms with E-state index in [1.165, 1.54) is 11.1 Å². The molecule has 0 aliphatic rings. The van der Waals surface area contributed by atoms with Gasteiger partial charge in [-0.2, -0.15) is 0 Å². The zero-order valence-electron chi connectivity index (χ0n) is 10.8. The first-order valence-corrected chi connectivity index (χ1v) is 6.09. The molecule has 4 nitrogen and oxygen atoms in total. The summed E-state index contributed by atoms with van der Waals surface area (Å²) in [6.45, 7) is 4.38. The van der Waals surface area contributed by atoms with E-state index in [-0.39, 0.29) is 0 Å². The summed E-state index contributed by atoms with van der Waals surface area (Å²) >= 11 is 0. The van der Waals surface area contributed by atoms with Gasteiger partial charge in [0.1, 0.15) is 0 Å². The fourth-order valence-electron chi connectivity index (χ4n) is 1.75. The summed E-state index contributed by atoms with van der Waals surface area (Å²) in [5.74, 6) is 0. The molecule has 0 amide bonds. The largest absolute Gasteiger partial charge is 0.383 e. The van der Waals surface area contributed by atoms with Gasteiger partial charge in [-0.1, -0.05) is 0 Å². The van der Waals surface area contributed by atoms with Crippen LogP contribution >= 0.6 is 0 Å². The zero-order valence-corrected chi connectivity index (χ0v) is 10.8. The monoisotopic (exact) mass is 237 g/mol. The number of nitrogens with two attached hydrogens (primary N) is 1. The lowest BCUT2D eigenvalue weighted by molar-refractivity contribution is 0.161. The summed E-state index contributed by atoms with van der Waals surface area (Å²) in [4.78, 5) is 4.14. The van der Waals surface area contributed by atoms with Crippen LogP contribution in [-0.4, -0.2) is 31.3 Å². The highest BCUT2D eigenvalue weighted by molar-refractivity contribution is 5.21. The van der Waals surface area contributed by atoms with E-state index in [0.29, 0.717) is 6.04 Å². The van der Waals surface area contributed by atoms with Crippen molar-refractivity contribution in [2.45, 2.75) is 32.4 Å². The maximum atomic E-state index is 5.53. The van der Waals surface area contributed by atoms with Crippen molar-refractivity contribution >= 4 is 0 Å². The van der Waals surface area contributed by atoms with Crippen LogP contribution < -0.4 is 11.1 Å². The molecule has 0 aliphatic carbocycles. The van der Waals surface area contributed by atoms with Gasteiger partial charge >= 0.3 is 0 Å². The molecule has 0 radical (unpaired) electrons. The van der Waals surface area contributed by atoms with E-state index in [1.54, 1.807) is 7.11 Å². The van der Waals surface area contributed by atoms with Gasteiger partial charge in [0.15, 0.2) is 0 Å². The molecule has 0 saturated carbocycles. The first-order valence-electron chi connectivity index (χ1n) is 6.09. The number of nitrogens with zero attached hydrogens (tertiary/aromatic N) is 1. The molecule has 0 spiro atoms. The summed E-state index contributed by atoms with van der Waals surface area (Å²) in [5, 5.41) is 3.49. The minimum Gasteiger partial charge on any atom is -0.383 e. The van der Waals surface area contributed by atoms with Gasteiger partial charge in [-0.25, -0.2) is 0 Å². The topological polar surface area (TPSA) is 60.2 Å². The van der Waals surface area contributed by atoms with Crippen molar-refractivity contribution in [3.8, 4) is 0 Å². The van der Waals surface area contributed by atoms with Gasteiger partial charge in [-0.3, -0.25) is 4.98 Å². The molecular weight excluding hydrogens is 214 g/mol. The van der Waals surface area contributed by atoms with Crippen molar-refractivity contribution in [1.29, 1.82) is 0 Å². The van der Waals surface area contributed by atoms with E-state index in [2.05, 4.69) is 17.2 Å². The van der Waals surface area contributed by atoms with Crippen LogP contribution in [0.4, 0.5) is 0 Å². The molecule has 0 aromatic carbocycles. The minimum absolute atomic E-state index is 0.364. The molecular formula is C13H23N3O. The van der Waals surface area contributed by atoms with Crippen LogP contribution in [0.1, 0.15) is 24.0 Å². The molecule has 1 aromatic rings. The van der Waals surface area contributed by atoms with Crippen LogP contribution in [0.2, 0.25) is 0 Å². The zero-order chi connectivity index (χ0) is 12.5. The van der Waals surface area contributed by atoms with Crippen molar-refractivity contribution in [3.05, 3.63) is 29.6 Å². The summed E-state index contributed by atoms with van der Waals surface area (Å²) < 4.78 is 5.20. The number of nitrogens with one attached hydrogen (secondary N) is 1. The second kappa shape index (κ2) is 8.17. The average Bonchev–Trinajstić information content (AvgIpc) is 2.34. The average molecular weight is 237 g/mol. The van der Waals surface area contributed by atoms with Crippen molar-refractivity contribution in [1.82, 2.24) is 10.3 Å². The fourth-order valence-corrected chi connectivity index (χ4v) is 1.75. The van der Waals surface area contributed by atoms with E-state index in [4.69, 9.17) is 10.5 Å². The Bertz CT molecular complexity index is 317. The molecule has 1 unspecified atom stereocenters. The van der Waals surface area contributed by atoms with E-state index >= 15 is 0 Å². The molecule has 1 heterocycles. The van der Waals surface area contributed by atoms with Gasteiger partial charge in [-0.05, 0) is 43.5 Å². The number of hydrogen-bond acceptors (Lipinski definition) is 4. The van der Waals surface area contributed by atoms with Gasteiger partial charge in [0, 0.05) is 32.1 Å². The molecule has 1 aromatic heterocycles. The molecule has 4 heteroatoms. The number of aryl methyl sites for hydroxylation is 1. The fraction of sp³-hybridized carbons (Fsp3) is 0.615. The van der Waals surface area contributed by atoms with Crippen LogP contribution in [0.15, 0.2) is 18.5 Å². The Balaban J connectivity index is 2.42. The second-order valence-corrected chi connectivity index (χ2v) is 4.27. The van der Waals surface area contributed by atoms with Gasteiger partial charge < -0.3 is 15.8 Å². The summed E-state index contributed by atoms with van der Waals surface area (Å²) in [5.41, 5.74) is 8.03. The van der Waals surface area contributed by atoms with Crippen LogP contribution in [0, 0.1) is 6.92 Å². The van der Waals surface area contributed by atoms with Crippen molar-refractivity contribution < 1.29 is 4.74 Å². The highest BCUT2D eigenvalue weighted by atomic mass is 16.5. The van der Waals surface area contributed by atoms with Crippen LogP contribution in [-0.2, 0) is 11.3 Å². The maximum Gasteiger partial charge on any atom is 0.0615 e. The minimum atomic E-state index is 0.364. The summed E-state index contributed by atoms with van der Waals surface area (Å²) in [7, 11) is 1.73. The Kier molecular flexibility index (Phi) is 6.77. The summed E-state index contributed by atoms with van der Waals surface area (Å²) in [6, 6.07) is 2.39. The lowest BCUT2D eigenvalue weighted by atomic mass is 10.1. The van der Waals surface area contributed by atoms with E-state index in [1.807, 2.05) is 18.5 Å². The Morgan fingerprint density at radius 2 is 2.35 bits per heavy atom. The first-order chi connectivity index (χ1) is 8.27. The van der Waals surface area contributed by atoms with E-state index in [9.17, 15) is 0 Å². The van der Waals surface area contributed by atoms with Crippen LogP contribution in [0.25, 0.3) is 0 Å². The number of ether oxygens (including phenoxy) is 1. The highest BCUT2D eigenvalue weighted by Crippen LogP contribution is 2.06. The third kappa shape index (κ3) is 5.26. The molecule has 0 aliphatic heterocycles. The smallest absolute Gasteiger partial charge is 0.0615 e. The Hall–Kier alpha value is -0.970. The number of hydrogen-bond donors (Lipinski definition) is 2. The maximum absolute atomic E-state index is 5.53. The molecule has 0 bridgehead atoms. The van der Waals surface area contributed by atoms with Gasteiger partial charge in [0.2, 0.25) is 0 Å². The molecule has 3 N–H and O–H groups in total. The van der Waals surface area contributed by atoms with Crippen molar-refractivity contribution in [2.24, 2.45) is 5.73 Å². The Morgan fingerprint density at radius 1 is 1.53 bits per heavy atom. The lowest BCUT2D eigenvalue weighted by Crippen LogP contribution is -2.33. The third-order valence-corrected chi connectivity index (χ3v) is 2.85. The number of rotatable bonds is 8. The predicted octanol–water partition coefficient (Wildman–Crippen LogP) is 1.23. The molecule has 1 atom stereocenters. The van der Waals surface area contributed by atoms with Gasteiger partial charge in [0.25, 0.3) is 0 Å². The van der Waals surface area contributed by atoms with Crippen molar-refractivity contribution in [2.75, 3.05) is 20.3 Å². The van der Waals surface area contributed by atoms with Crippen LogP contribution in [0.5, 0.6) is 0 Å². The van der Waals surface area contributed by atoms with Crippen molar-refractivity contribution in [3.63, 3.8) is 0 Å². The Labute approximate surface area is 104 Å². The highest BCUT2D eigenvalue weighted by Gasteiger charge is 2.07. The number of pyridine rings is 1. The van der Waals surface area contributed by atoms with Gasteiger partial charge in [-0.15, -0.1) is 0 Å². The molecule has 96 valence electrons. The quantitative estimate of drug-likeness (QED) is 0.714. The lowest BCUT2D eigenvalue weighted by Gasteiger charge is -2.18. The van der Waals surface area contributed by atoms with E-state index in [0.717, 1.165) is 32.5 Å². The first kappa shape index (κ1) is 14.1. The van der Waals surface area contributed by atoms with E-state index < -0.39 is 0 Å². The molecule has 0 saturated heterocycles. The number of aromatic nitrogens is 1. The normalized spacial score (nSPS) is 12.6. The third-order valence-electron chi connectivity index (χ3n) is 2.85. The predicted molar refractivity (Wildman–Crippen MR) is 69.8 cm³/mol. The van der Waals surface area contributed by atoms with Gasteiger partial charge in [0.05, 0.1) is 6.61 Å². The van der Waals surface area contributed by atoms with Crippen LogP contribution in [0.3, 0.4) is 0 Å². The SMILES string of the molecule is COCC(CCCN)NCc1cnccc1C. The molecule has 17 heavy (non-hydrogen) atoms. The number of methoxy groups -OCH3 is 1. The molecule has 1 rings (SSSR count). The summed E-state index contributed by atoms with van der Waals surface area (Å²) in [6.07, 6.45) is 5.80. The standard InChI is InChI=1S/C13H23N3O/c1-11-5-7-15-8-12(11)9-16-13(10-17-2)4-3-6-14/h5,7-8,13,16H,3-4,6,9-10,14H2,1-2H3. The molecule has 0 fully saturated rings.